The number of hydrogen-bond donors (Lipinski definition) is 2. The van der Waals surface area contributed by atoms with Gasteiger partial charge in [-0.25, -0.2) is 0 Å². The van der Waals surface area contributed by atoms with Gasteiger partial charge in [-0.2, -0.15) is 0 Å². The van der Waals surface area contributed by atoms with Gasteiger partial charge in [0.25, 0.3) is 0 Å². The van der Waals surface area contributed by atoms with Crippen molar-refractivity contribution in [2.75, 3.05) is 13.2 Å². The second kappa shape index (κ2) is 5.52. The maximum atomic E-state index is 5.58. The van der Waals surface area contributed by atoms with E-state index in [0.29, 0.717) is 6.10 Å². The standard InChI is InChI=1S/C8H18N2O/c9-10-6-7-11-8-4-2-1-3-5-8/h8,10H,1-7,9H2. The Kier molecular flexibility index (Phi) is 4.50. The summed E-state index contributed by atoms with van der Waals surface area (Å²) in [5, 5.41) is 0. The van der Waals surface area contributed by atoms with Crippen molar-refractivity contribution in [2.45, 2.75) is 38.2 Å². The van der Waals surface area contributed by atoms with E-state index in [0.717, 1.165) is 13.2 Å². The first-order valence-electron chi connectivity index (χ1n) is 4.48. The fourth-order valence-corrected chi connectivity index (χ4v) is 1.52. The number of nitrogens with one attached hydrogen (secondary N) is 1. The van der Waals surface area contributed by atoms with Crippen LogP contribution in [-0.4, -0.2) is 19.3 Å². The van der Waals surface area contributed by atoms with Crippen LogP contribution >= 0.6 is 0 Å². The van der Waals surface area contributed by atoms with Crippen LogP contribution in [0.15, 0.2) is 0 Å². The Labute approximate surface area is 68.3 Å². The fourth-order valence-electron chi connectivity index (χ4n) is 1.52. The molecule has 3 nitrogen and oxygen atoms in total. The Balaban J connectivity index is 1.96. The highest BCUT2D eigenvalue weighted by Crippen LogP contribution is 2.19. The van der Waals surface area contributed by atoms with Gasteiger partial charge in [-0.1, -0.05) is 19.3 Å². The minimum atomic E-state index is 0.511. The summed E-state index contributed by atoms with van der Waals surface area (Å²) in [6.07, 6.45) is 7.04. The number of nitrogens with two attached hydrogens (primary N) is 1. The normalized spacial score (nSPS) is 20.5. The first kappa shape index (κ1) is 8.97. The van der Waals surface area contributed by atoms with E-state index in [9.17, 15) is 0 Å². The van der Waals surface area contributed by atoms with Crippen LogP contribution in [0, 0.1) is 0 Å². The lowest BCUT2D eigenvalue weighted by Crippen LogP contribution is -2.28. The molecule has 0 aromatic heterocycles. The molecule has 1 rings (SSSR count). The molecule has 66 valence electrons. The summed E-state index contributed by atoms with van der Waals surface area (Å²) in [5.74, 6) is 5.11. The highest BCUT2D eigenvalue weighted by Gasteiger charge is 2.12. The zero-order chi connectivity index (χ0) is 7.94. The molecule has 0 aromatic rings. The molecule has 1 aliphatic carbocycles. The molecule has 3 heteroatoms. The third-order valence-corrected chi connectivity index (χ3v) is 2.15. The summed E-state index contributed by atoms with van der Waals surface area (Å²) < 4.78 is 5.58. The molecule has 3 N–H and O–H groups in total. The van der Waals surface area contributed by atoms with Gasteiger partial charge in [0, 0.05) is 6.54 Å². The van der Waals surface area contributed by atoms with Gasteiger partial charge in [0.2, 0.25) is 0 Å². The average Bonchev–Trinajstić information content (AvgIpc) is 2.07. The summed E-state index contributed by atoms with van der Waals surface area (Å²) in [6.45, 7) is 1.51. The van der Waals surface area contributed by atoms with Crippen molar-refractivity contribution in [1.29, 1.82) is 0 Å². The fraction of sp³-hybridized carbons (Fsp3) is 1.00. The molecule has 1 aliphatic rings. The highest BCUT2D eigenvalue weighted by atomic mass is 16.5. The van der Waals surface area contributed by atoms with Crippen LogP contribution in [0.5, 0.6) is 0 Å². The summed E-state index contributed by atoms with van der Waals surface area (Å²) >= 11 is 0. The number of rotatable bonds is 4. The molecule has 0 bridgehead atoms. The Morgan fingerprint density at radius 3 is 2.64 bits per heavy atom. The molecule has 0 atom stereocenters. The summed E-state index contributed by atoms with van der Waals surface area (Å²) in [6, 6.07) is 0. The van der Waals surface area contributed by atoms with Crippen molar-refractivity contribution in [3.05, 3.63) is 0 Å². The van der Waals surface area contributed by atoms with Crippen molar-refractivity contribution in [2.24, 2.45) is 5.84 Å². The molecule has 0 unspecified atom stereocenters. The molecule has 0 heterocycles. The Hall–Kier alpha value is -0.120. The SMILES string of the molecule is NNCCOC1CCCCC1. The average molecular weight is 158 g/mol. The molecular formula is C8H18N2O. The summed E-state index contributed by atoms with van der Waals surface area (Å²) in [7, 11) is 0. The smallest absolute Gasteiger partial charge is 0.0608 e. The zero-order valence-electron chi connectivity index (χ0n) is 7.01. The predicted octanol–water partition coefficient (Wildman–Crippen LogP) is 0.799. The largest absolute Gasteiger partial charge is 0.377 e. The van der Waals surface area contributed by atoms with Crippen molar-refractivity contribution >= 4 is 0 Å². The third kappa shape index (κ3) is 3.70. The van der Waals surface area contributed by atoms with Crippen LogP contribution in [0.25, 0.3) is 0 Å². The predicted molar refractivity (Wildman–Crippen MR) is 45.0 cm³/mol. The summed E-state index contributed by atoms with van der Waals surface area (Å²) in [4.78, 5) is 0. The van der Waals surface area contributed by atoms with Crippen molar-refractivity contribution in [1.82, 2.24) is 5.43 Å². The minimum Gasteiger partial charge on any atom is -0.377 e. The number of hydrogen-bond acceptors (Lipinski definition) is 3. The van der Waals surface area contributed by atoms with E-state index < -0.39 is 0 Å². The second-order valence-corrected chi connectivity index (χ2v) is 3.08. The van der Waals surface area contributed by atoms with E-state index in [4.69, 9.17) is 10.6 Å². The number of ether oxygens (including phenoxy) is 1. The van der Waals surface area contributed by atoms with Gasteiger partial charge in [0.1, 0.15) is 0 Å². The van der Waals surface area contributed by atoms with Gasteiger partial charge in [-0.05, 0) is 12.8 Å². The van der Waals surface area contributed by atoms with E-state index >= 15 is 0 Å². The maximum absolute atomic E-state index is 5.58. The van der Waals surface area contributed by atoms with E-state index in [1.54, 1.807) is 0 Å². The van der Waals surface area contributed by atoms with E-state index in [2.05, 4.69) is 5.43 Å². The molecule has 0 aliphatic heterocycles. The topological polar surface area (TPSA) is 47.3 Å². The van der Waals surface area contributed by atoms with Crippen LogP contribution < -0.4 is 11.3 Å². The Bertz CT molecular complexity index is 92.1. The van der Waals surface area contributed by atoms with Gasteiger partial charge in [-0.15, -0.1) is 0 Å². The van der Waals surface area contributed by atoms with Crippen LogP contribution in [0.4, 0.5) is 0 Å². The summed E-state index contributed by atoms with van der Waals surface area (Å²) in [5.41, 5.74) is 2.58. The Morgan fingerprint density at radius 2 is 2.00 bits per heavy atom. The maximum Gasteiger partial charge on any atom is 0.0608 e. The van der Waals surface area contributed by atoms with E-state index in [1.165, 1.54) is 32.1 Å². The molecule has 0 radical (unpaired) electrons. The minimum absolute atomic E-state index is 0.511. The van der Waals surface area contributed by atoms with Gasteiger partial charge in [-0.3, -0.25) is 11.3 Å². The third-order valence-electron chi connectivity index (χ3n) is 2.15. The van der Waals surface area contributed by atoms with Crippen LogP contribution in [0.1, 0.15) is 32.1 Å². The highest BCUT2D eigenvalue weighted by molar-refractivity contribution is 4.64. The first-order valence-corrected chi connectivity index (χ1v) is 4.48. The lowest BCUT2D eigenvalue weighted by atomic mass is 9.98. The van der Waals surface area contributed by atoms with E-state index in [-0.39, 0.29) is 0 Å². The molecule has 1 saturated carbocycles. The molecule has 11 heavy (non-hydrogen) atoms. The van der Waals surface area contributed by atoms with Gasteiger partial charge in [0.15, 0.2) is 0 Å². The molecule has 0 spiro atoms. The van der Waals surface area contributed by atoms with Crippen molar-refractivity contribution in [3.63, 3.8) is 0 Å². The molecule has 0 amide bonds. The zero-order valence-corrected chi connectivity index (χ0v) is 7.01. The lowest BCUT2D eigenvalue weighted by Gasteiger charge is -2.21. The molecular weight excluding hydrogens is 140 g/mol. The molecule has 1 fully saturated rings. The number of hydrazine groups is 1. The lowest BCUT2D eigenvalue weighted by molar-refractivity contribution is 0.0304. The first-order chi connectivity index (χ1) is 5.43. The monoisotopic (exact) mass is 158 g/mol. The van der Waals surface area contributed by atoms with Crippen molar-refractivity contribution < 1.29 is 4.74 Å². The van der Waals surface area contributed by atoms with E-state index in [1.807, 2.05) is 0 Å². The van der Waals surface area contributed by atoms with Crippen LogP contribution in [-0.2, 0) is 4.74 Å². The van der Waals surface area contributed by atoms with Crippen LogP contribution in [0.2, 0.25) is 0 Å². The van der Waals surface area contributed by atoms with Gasteiger partial charge in [0.05, 0.1) is 12.7 Å². The Morgan fingerprint density at radius 1 is 1.27 bits per heavy atom. The van der Waals surface area contributed by atoms with Gasteiger partial charge < -0.3 is 4.74 Å². The molecule has 0 aromatic carbocycles. The quantitative estimate of drug-likeness (QED) is 0.361. The van der Waals surface area contributed by atoms with Gasteiger partial charge >= 0.3 is 0 Å². The van der Waals surface area contributed by atoms with Crippen molar-refractivity contribution in [3.8, 4) is 0 Å². The molecule has 0 saturated heterocycles. The second-order valence-electron chi connectivity index (χ2n) is 3.08. The van der Waals surface area contributed by atoms with Crippen LogP contribution in [0.3, 0.4) is 0 Å².